The van der Waals surface area contributed by atoms with Crippen molar-refractivity contribution < 1.29 is 13.5 Å². The minimum atomic E-state index is -0.549. The molecule has 0 amide bonds. The first kappa shape index (κ1) is 6.73. The maximum Gasteiger partial charge on any atom is 0.132 e. The Kier molecular flexibility index (Phi) is 1.39. The van der Waals surface area contributed by atoms with E-state index in [0.29, 0.717) is 12.2 Å². The molecule has 0 N–H and O–H groups in total. The van der Waals surface area contributed by atoms with E-state index < -0.39 is 11.6 Å². The highest BCUT2D eigenvalue weighted by molar-refractivity contribution is 5.23. The fourth-order valence-electron chi connectivity index (χ4n) is 0.990. The number of halogens is 2. The Morgan fingerprint density at radius 2 is 2.09 bits per heavy atom. The summed E-state index contributed by atoms with van der Waals surface area (Å²) >= 11 is 0. The van der Waals surface area contributed by atoms with Gasteiger partial charge in [-0.3, -0.25) is 0 Å². The number of ether oxygens (including phenoxy) is 1. The first-order valence-electron chi connectivity index (χ1n) is 3.34. The molecular formula is C8H6F2O. The van der Waals surface area contributed by atoms with Gasteiger partial charge in [0, 0.05) is 11.6 Å². The van der Waals surface area contributed by atoms with Crippen molar-refractivity contribution in [3.05, 3.63) is 35.4 Å². The largest absolute Gasteiger partial charge is 0.368 e. The van der Waals surface area contributed by atoms with Crippen LogP contribution >= 0.6 is 0 Å². The van der Waals surface area contributed by atoms with E-state index in [1.807, 2.05) is 0 Å². The highest BCUT2D eigenvalue weighted by Gasteiger charge is 2.27. The van der Waals surface area contributed by atoms with E-state index in [0.717, 1.165) is 6.07 Å². The monoisotopic (exact) mass is 156 g/mol. The van der Waals surface area contributed by atoms with Gasteiger partial charge in [-0.15, -0.1) is 0 Å². The van der Waals surface area contributed by atoms with Gasteiger partial charge in [0.15, 0.2) is 0 Å². The summed E-state index contributed by atoms with van der Waals surface area (Å²) in [5, 5.41) is 0. The summed E-state index contributed by atoms with van der Waals surface area (Å²) in [5.74, 6) is -1.07. The third-order valence-electron chi connectivity index (χ3n) is 1.64. The van der Waals surface area contributed by atoms with Gasteiger partial charge < -0.3 is 4.74 Å². The first-order valence-corrected chi connectivity index (χ1v) is 3.34. The zero-order valence-electron chi connectivity index (χ0n) is 5.68. The lowest BCUT2D eigenvalue weighted by Crippen LogP contribution is -1.88. The second-order valence-corrected chi connectivity index (χ2v) is 2.49. The van der Waals surface area contributed by atoms with Gasteiger partial charge in [0.1, 0.15) is 17.7 Å². The Labute approximate surface area is 62.6 Å². The van der Waals surface area contributed by atoms with Crippen LogP contribution in [0.5, 0.6) is 0 Å². The van der Waals surface area contributed by atoms with Gasteiger partial charge in [-0.25, -0.2) is 8.78 Å². The highest BCUT2D eigenvalue weighted by Crippen LogP contribution is 2.31. The van der Waals surface area contributed by atoms with Crippen molar-refractivity contribution in [2.24, 2.45) is 0 Å². The van der Waals surface area contributed by atoms with E-state index in [-0.39, 0.29) is 6.10 Å². The molecule has 58 valence electrons. The third kappa shape index (κ3) is 1.24. The second-order valence-electron chi connectivity index (χ2n) is 2.49. The summed E-state index contributed by atoms with van der Waals surface area (Å²) in [6, 6.07) is 3.53. The zero-order chi connectivity index (χ0) is 7.84. The van der Waals surface area contributed by atoms with Crippen molar-refractivity contribution >= 4 is 0 Å². The minimum absolute atomic E-state index is 0.143. The van der Waals surface area contributed by atoms with E-state index in [1.54, 1.807) is 0 Å². The summed E-state index contributed by atoms with van der Waals surface area (Å²) in [6.45, 7) is 0.544. The summed E-state index contributed by atoms with van der Waals surface area (Å²) in [4.78, 5) is 0. The van der Waals surface area contributed by atoms with Crippen LogP contribution < -0.4 is 0 Å². The van der Waals surface area contributed by atoms with Gasteiger partial charge in [-0.05, 0) is 6.07 Å². The fourth-order valence-corrected chi connectivity index (χ4v) is 0.990. The molecule has 1 aliphatic heterocycles. The third-order valence-corrected chi connectivity index (χ3v) is 1.64. The predicted octanol–water partition coefficient (Wildman–Crippen LogP) is 2.04. The SMILES string of the molecule is Fc1ccc(C2CO2)c(F)c1. The fraction of sp³-hybridized carbons (Fsp3) is 0.250. The Hall–Kier alpha value is -0.960. The molecule has 1 atom stereocenters. The van der Waals surface area contributed by atoms with Gasteiger partial charge >= 0.3 is 0 Å². The van der Waals surface area contributed by atoms with Gasteiger partial charge in [0.25, 0.3) is 0 Å². The molecular weight excluding hydrogens is 150 g/mol. The Balaban J connectivity index is 2.39. The number of hydrogen-bond donors (Lipinski definition) is 0. The molecule has 0 aromatic heterocycles. The van der Waals surface area contributed by atoms with Gasteiger partial charge in [0.2, 0.25) is 0 Å². The average Bonchev–Trinajstić information content (AvgIpc) is 2.70. The van der Waals surface area contributed by atoms with Crippen LogP contribution in [0.3, 0.4) is 0 Å². The first-order chi connectivity index (χ1) is 5.27. The van der Waals surface area contributed by atoms with E-state index >= 15 is 0 Å². The van der Waals surface area contributed by atoms with Crippen LogP contribution in [0, 0.1) is 11.6 Å². The van der Waals surface area contributed by atoms with Crippen LogP contribution in [0.2, 0.25) is 0 Å². The van der Waals surface area contributed by atoms with Crippen molar-refractivity contribution in [1.29, 1.82) is 0 Å². The summed E-state index contributed by atoms with van der Waals surface area (Å²) in [7, 11) is 0. The molecule has 1 unspecified atom stereocenters. The highest BCUT2D eigenvalue weighted by atomic mass is 19.1. The zero-order valence-corrected chi connectivity index (χ0v) is 5.68. The number of rotatable bonds is 1. The van der Waals surface area contributed by atoms with Crippen LogP contribution in [0.1, 0.15) is 11.7 Å². The van der Waals surface area contributed by atoms with Crippen molar-refractivity contribution in [3.63, 3.8) is 0 Å². The molecule has 1 heterocycles. The van der Waals surface area contributed by atoms with Crippen LogP contribution in [-0.4, -0.2) is 6.61 Å². The summed E-state index contributed by atoms with van der Waals surface area (Å²) in [5.41, 5.74) is 0.450. The predicted molar refractivity (Wildman–Crippen MR) is 35.1 cm³/mol. The topological polar surface area (TPSA) is 12.5 Å². The maximum absolute atomic E-state index is 12.8. The van der Waals surface area contributed by atoms with Crippen molar-refractivity contribution in [2.75, 3.05) is 6.61 Å². The van der Waals surface area contributed by atoms with Crippen molar-refractivity contribution in [1.82, 2.24) is 0 Å². The Morgan fingerprint density at radius 3 is 2.64 bits per heavy atom. The van der Waals surface area contributed by atoms with E-state index in [9.17, 15) is 8.78 Å². The van der Waals surface area contributed by atoms with E-state index in [4.69, 9.17) is 4.74 Å². The molecule has 1 aromatic rings. The molecule has 0 saturated carbocycles. The quantitative estimate of drug-likeness (QED) is 0.567. The van der Waals surface area contributed by atoms with E-state index in [2.05, 4.69) is 0 Å². The lowest BCUT2D eigenvalue weighted by atomic mass is 10.1. The summed E-state index contributed by atoms with van der Waals surface area (Å²) in [6.07, 6.45) is -0.143. The van der Waals surface area contributed by atoms with Gasteiger partial charge in [-0.2, -0.15) is 0 Å². The molecule has 2 rings (SSSR count). The van der Waals surface area contributed by atoms with Crippen LogP contribution in [0.15, 0.2) is 18.2 Å². The number of epoxide rings is 1. The van der Waals surface area contributed by atoms with Crippen LogP contribution in [0.4, 0.5) is 8.78 Å². The lowest BCUT2D eigenvalue weighted by Gasteiger charge is -1.96. The van der Waals surface area contributed by atoms with E-state index in [1.165, 1.54) is 12.1 Å². The normalized spacial score (nSPS) is 21.8. The van der Waals surface area contributed by atoms with Crippen molar-refractivity contribution in [2.45, 2.75) is 6.10 Å². The molecule has 0 radical (unpaired) electrons. The Morgan fingerprint density at radius 1 is 1.36 bits per heavy atom. The standard InChI is InChI=1S/C8H6F2O/c9-5-1-2-6(7(10)3-5)8-4-11-8/h1-3,8H,4H2. The molecule has 1 aromatic carbocycles. The molecule has 0 bridgehead atoms. The Bertz CT molecular complexity index is 281. The maximum atomic E-state index is 12.8. The van der Waals surface area contributed by atoms with Crippen LogP contribution in [-0.2, 0) is 4.74 Å². The smallest absolute Gasteiger partial charge is 0.132 e. The molecule has 3 heteroatoms. The molecule has 1 fully saturated rings. The molecule has 0 spiro atoms. The lowest BCUT2D eigenvalue weighted by molar-refractivity contribution is 0.407. The molecule has 1 saturated heterocycles. The van der Waals surface area contributed by atoms with Crippen molar-refractivity contribution in [3.8, 4) is 0 Å². The number of benzene rings is 1. The number of hydrogen-bond acceptors (Lipinski definition) is 1. The molecule has 11 heavy (non-hydrogen) atoms. The van der Waals surface area contributed by atoms with Gasteiger partial charge in [0.05, 0.1) is 6.61 Å². The molecule has 1 nitrogen and oxygen atoms in total. The molecule has 1 aliphatic rings. The van der Waals surface area contributed by atoms with Gasteiger partial charge in [-0.1, -0.05) is 6.07 Å². The minimum Gasteiger partial charge on any atom is -0.368 e. The average molecular weight is 156 g/mol. The van der Waals surface area contributed by atoms with Crippen LogP contribution in [0.25, 0.3) is 0 Å². The summed E-state index contributed by atoms with van der Waals surface area (Å²) < 4.78 is 30.0. The second kappa shape index (κ2) is 2.27. The molecule has 0 aliphatic carbocycles.